The van der Waals surface area contributed by atoms with Gasteiger partial charge in [0.2, 0.25) is 0 Å². The molecule has 2 N–H and O–H groups in total. The molecule has 0 bridgehead atoms. The Hall–Kier alpha value is -1.66. The van der Waals surface area contributed by atoms with Crippen molar-refractivity contribution in [2.24, 2.45) is 0 Å². The molecule has 22 heavy (non-hydrogen) atoms. The summed E-state index contributed by atoms with van der Waals surface area (Å²) in [6.45, 7) is 4.94. The van der Waals surface area contributed by atoms with Crippen LogP contribution in [0.2, 0.25) is 0 Å². The fourth-order valence-corrected chi connectivity index (χ4v) is 3.15. The second-order valence-corrected chi connectivity index (χ2v) is 6.00. The molecule has 1 aromatic rings. The van der Waals surface area contributed by atoms with Gasteiger partial charge in [-0.3, -0.25) is 9.69 Å². The van der Waals surface area contributed by atoms with Crippen molar-refractivity contribution in [1.29, 1.82) is 0 Å². The highest BCUT2D eigenvalue weighted by molar-refractivity contribution is 5.81. The maximum atomic E-state index is 12.4. The summed E-state index contributed by atoms with van der Waals surface area (Å²) in [5, 5.41) is 0. The van der Waals surface area contributed by atoms with Crippen LogP contribution in [0.15, 0.2) is 18.3 Å². The molecule has 3 heterocycles. The monoisotopic (exact) mass is 304 g/mol. The summed E-state index contributed by atoms with van der Waals surface area (Å²) in [6, 6.07) is 3.93. The summed E-state index contributed by atoms with van der Waals surface area (Å²) in [7, 11) is 0. The summed E-state index contributed by atoms with van der Waals surface area (Å²) in [6.07, 6.45) is 4.35. The standard InChI is InChI=1S/C16H24N4O2/c17-15-13(4-1-6-18-15)12-19-7-3-8-20(10-9-19)16(21)14-5-2-11-22-14/h1,4,6,14H,2-3,5,7-12H2,(H2,17,18). The van der Waals surface area contributed by atoms with Crippen LogP contribution in [-0.4, -0.2) is 59.6 Å². The number of nitrogens with zero attached hydrogens (tertiary/aromatic N) is 3. The molecule has 0 aliphatic carbocycles. The number of hydrogen-bond acceptors (Lipinski definition) is 5. The smallest absolute Gasteiger partial charge is 0.251 e. The van der Waals surface area contributed by atoms with E-state index in [1.807, 2.05) is 17.0 Å². The molecule has 0 aromatic carbocycles. The number of rotatable bonds is 3. The SMILES string of the molecule is Nc1ncccc1CN1CCCN(C(=O)C2CCCO2)CC1. The summed E-state index contributed by atoms with van der Waals surface area (Å²) in [5.74, 6) is 0.763. The molecule has 2 saturated heterocycles. The zero-order chi connectivity index (χ0) is 15.4. The molecular formula is C16H24N4O2. The zero-order valence-electron chi connectivity index (χ0n) is 12.9. The number of hydrogen-bond donors (Lipinski definition) is 1. The van der Waals surface area contributed by atoms with Crippen LogP contribution in [0, 0.1) is 0 Å². The van der Waals surface area contributed by atoms with E-state index in [9.17, 15) is 4.79 Å². The van der Waals surface area contributed by atoms with Crippen LogP contribution in [0.1, 0.15) is 24.8 Å². The van der Waals surface area contributed by atoms with Crippen molar-refractivity contribution in [3.8, 4) is 0 Å². The molecule has 3 rings (SSSR count). The molecule has 1 aromatic heterocycles. The second-order valence-electron chi connectivity index (χ2n) is 6.00. The first-order chi connectivity index (χ1) is 10.7. The lowest BCUT2D eigenvalue weighted by Crippen LogP contribution is -2.41. The van der Waals surface area contributed by atoms with Crippen molar-refractivity contribution in [3.05, 3.63) is 23.9 Å². The molecule has 2 fully saturated rings. The lowest BCUT2D eigenvalue weighted by Gasteiger charge is -2.24. The van der Waals surface area contributed by atoms with E-state index >= 15 is 0 Å². The average molecular weight is 304 g/mol. The first kappa shape index (κ1) is 15.2. The molecule has 2 aliphatic heterocycles. The minimum atomic E-state index is -0.208. The van der Waals surface area contributed by atoms with Gasteiger partial charge in [-0.2, -0.15) is 0 Å². The van der Waals surface area contributed by atoms with Crippen molar-refractivity contribution in [2.75, 3.05) is 38.5 Å². The Balaban J connectivity index is 1.55. The van der Waals surface area contributed by atoms with E-state index in [-0.39, 0.29) is 12.0 Å². The Kier molecular flexibility index (Phi) is 4.90. The maximum absolute atomic E-state index is 12.4. The largest absolute Gasteiger partial charge is 0.383 e. The molecule has 0 radical (unpaired) electrons. The minimum Gasteiger partial charge on any atom is -0.383 e. The first-order valence-corrected chi connectivity index (χ1v) is 8.06. The van der Waals surface area contributed by atoms with E-state index in [4.69, 9.17) is 10.5 Å². The van der Waals surface area contributed by atoms with Gasteiger partial charge in [0.05, 0.1) is 0 Å². The summed E-state index contributed by atoms with van der Waals surface area (Å²) in [5.41, 5.74) is 6.97. The van der Waals surface area contributed by atoms with Crippen LogP contribution >= 0.6 is 0 Å². The number of nitrogen functional groups attached to an aromatic ring is 1. The summed E-state index contributed by atoms with van der Waals surface area (Å²) < 4.78 is 5.52. The van der Waals surface area contributed by atoms with Crippen molar-refractivity contribution in [1.82, 2.24) is 14.8 Å². The van der Waals surface area contributed by atoms with Gasteiger partial charge in [0.25, 0.3) is 5.91 Å². The summed E-state index contributed by atoms with van der Waals surface area (Å²) >= 11 is 0. The number of ether oxygens (including phenoxy) is 1. The molecule has 1 atom stereocenters. The van der Waals surface area contributed by atoms with E-state index < -0.39 is 0 Å². The van der Waals surface area contributed by atoms with Crippen LogP contribution in [0.5, 0.6) is 0 Å². The van der Waals surface area contributed by atoms with Gasteiger partial charge in [-0.25, -0.2) is 4.98 Å². The van der Waals surface area contributed by atoms with Gasteiger partial charge >= 0.3 is 0 Å². The zero-order valence-corrected chi connectivity index (χ0v) is 12.9. The molecule has 2 aliphatic rings. The molecule has 0 spiro atoms. The predicted molar refractivity (Wildman–Crippen MR) is 84.1 cm³/mol. The molecule has 6 heteroatoms. The summed E-state index contributed by atoms with van der Waals surface area (Å²) in [4.78, 5) is 20.9. The molecule has 1 unspecified atom stereocenters. The van der Waals surface area contributed by atoms with Crippen LogP contribution < -0.4 is 5.73 Å². The van der Waals surface area contributed by atoms with Gasteiger partial charge in [0.1, 0.15) is 11.9 Å². The van der Waals surface area contributed by atoms with E-state index in [1.165, 1.54) is 0 Å². The minimum absolute atomic E-state index is 0.167. The molecule has 6 nitrogen and oxygen atoms in total. The third-order valence-corrected chi connectivity index (χ3v) is 4.43. The second kappa shape index (κ2) is 7.07. The van der Waals surface area contributed by atoms with Gasteiger partial charge in [-0.05, 0) is 25.3 Å². The first-order valence-electron chi connectivity index (χ1n) is 8.06. The molecule has 120 valence electrons. The molecule has 1 amide bonds. The van der Waals surface area contributed by atoms with Crippen LogP contribution in [0.4, 0.5) is 5.82 Å². The van der Waals surface area contributed by atoms with Crippen molar-refractivity contribution in [2.45, 2.75) is 31.9 Å². The Bertz CT molecular complexity index is 517. The van der Waals surface area contributed by atoms with Crippen molar-refractivity contribution in [3.63, 3.8) is 0 Å². The third-order valence-electron chi connectivity index (χ3n) is 4.43. The maximum Gasteiger partial charge on any atom is 0.251 e. The van der Waals surface area contributed by atoms with E-state index in [0.717, 1.165) is 64.2 Å². The number of aromatic nitrogens is 1. The number of anilines is 1. The Morgan fingerprint density at radius 3 is 3.00 bits per heavy atom. The number of carbonyl (C=O) groups excluding carboxylic acids is 1. The van der Waals surface area contributed by atoms with Gasteiger partial charge < -0.3 is 15.4 Å². The van der Waals surface area contributed by atoms with Crippen LogP contribution in [0.3, 0.4) is 0 Å². The van der Waals surface area contributed by atoms with Crippen LogP contribution in [-0.2, 0) is 16.1 Å². The van der Waals surface area contributed by atoms with E-state index in [1.54, 1.807) is 6.20 Å². The topological polar surface area (TPSA) is 71.7 Å². The van der Waals surface area contributed by atoms with Gasteiger partial charge in [0.15, 0.2) is 0 Å². The lowest BCUT2D eigenvalue weighted by molar-refractivity contribution is -0.140. The predicted octanol–water partition coefficient (Wildman–Crippen LogP) is 0.877. The highest BCUT2D eigenvalue weighted by atomic mass is 16.5. The Morgan fingerprint density at radius 1 is 1.32 bits per heavy atom. The quantitative estimate of drug-likeness (QED) is 0.897. The van der Waals surface area contributed by atoms with Crippen LogP contribution in [0.25, 0.3) is 0 Å². The third kappa shape index (κ3) is 3.56. The molecular weight excluding hydrogens is 280 g/mol. The average Bonchev–Trinajstić information content (AvgIpc) is 2.96. The Labute approximate surface area is 131 Å². The highest BCUT2D eigenvalue weighted by Gasteiger charge is 2.29. The fourth-order valence-electron chi connectivity index (χ4n) is 3.15. The normalized spacial score (nSPS) is 23.5. The Morgan fingerprint density at radius 2 is 2.23 bits per heavy atom. The molecule has 0 saturated carbocycles. The van der Waals surface area contributed by atoms with Gasteiger partial charge in [0, 0.05) is 51.1 Å². The van der Waals surface area contributed by atoms with E-state index in [2.05, 4.69) is 9.88 Å². The van der Waals surface area contributed by atoms with Crippen molar-refractivity contribution >= 4 is 11.7 Å². The number of pyridine rings is 1. The highest BCUT2D eigenvalue weighted by Crippen LogP contribution is 2.17. The number of amides is 1. The number of nitrogens with two attached hydrogens (primary N) is 1. The van der Waals surface area contributed by atoms with Gasteiger partial charge in [-0.15, -0.1) is 0 Å². The van der Waals surface area contributed by atoms with Crippen molar-refractivity contribution < 1.29 is 9.53 Å². The van der Waals surface area contributed by atoms with E-state index in [0.29, 0.717) is 5.82 Å². The lowest BCUT2D eigenvalue weighted by atomic mass is 10.2. The van der Waals surface area contributed by atoms with Gasteiger partial charge in [-0.1, -0.05) is 6.07 Å². The fraction of sp³-hybridized carbons (Fsp3) is 0.625. The number of carbonyl (C=O) groups is 1.